The lowest BCUT2D eigenvalue weighted by atomic mass is 10.0. The summed E-state index contributed by atoms with van der Waals surface area (Å²) in [4.78, 5) is 19.4. The maximum Gasteiger partial charge on any atom is 0.269 e. The van der Waals surface area contributed by atoms with Crippen molar-refractivity contribution in [3.63, 3.8) is 0 Å². The van der Waals surface area contributed by atoms with Gasteiger partial charge in [0, 0.05) is 29.8 Å². The van der Waals surface area contributed by atoms with Crippen LogP contribution in [0.4, 0.5) is 0 Å². The fourth-order valence-electron chi connectivity index (χ4n) is 4.16. The predicted octanol–water partition coefficient (Wildman–Crippen LogP) is 3.64. The molecule has 1 atom stereocenters. The summed E-state index contributed by atoms with van der Waals surface area (Å²) >= 11 is 0. The summed E-state index contributed by atoms with van der Waals surface area (Å²) in [6.45, 7) is 2.04. The summed E-state index contributed by atoms with van der Waals surface area (Å²) in [5, 5.41) is 3.17. The number of hydrogen-bond donors (Lipinski definition) is 2. The number of likely N-dealkylation sites (tertiary alicyclic amines) is 1. The highest BCUT2D eigenvalue weighted by molar-refractivity contribution is 5.98. The molecule has 1 aliphatic heterocycles. The van der Waals surface area contributed by atoms with Gasteiger partial charge in [-0.2, -0.15) is 0 Å². The average molecular weight is 401 g/mol. The number of aromatic nitrogens is 3. The second-order valence-electron chi connectivity index (χ2n) is 7.75. The Morgan fingerprint density at radius 2 is 1.87 bits per heavy atom. The zero-order valence-electron chi connectivity index (χ0n) is 16.7. The van der Waals surface area contributed by atoms with Crippen molar-refractivity contribution >= 4 is 11.6 Å². The third-order valence-electron chi connectivity index (χ3n) is 5.66. The fraction of sp³-hybridized carbons (Fsp3) is 0.217. The van der Waals surface area contributed by atoms with Gasteiger partial charge in [-0.15, -0.1) is 0 Å². The molecule has 5 rings (SSSR count). The Kier molecular flexibility index (Phi) is 4.52. The van der Waals surface area contributed by atoms with Crippen LogP contribution in [0.5, 0.6) is 11.5 Å². The number of H-pyrrole nitrogens is 1. The minimum absolute atomic E-state index is 0.360. The molecule has 0 radical (unpaired) electrons. The van der Waals surface area contributed by atoms with Crippen molar-refractivity contribution in [1.82, 2.24) is 19.5 Å². The van der Waals surface area contributed by atoms with Crippen molar-refractivity contribution in [3.8, 4) is 22.8 Å². The normalized spacial score (nSPS) is 16.9. The third-order valence-corrected chi connectivity index (χ3v) is 5.66. The van der Waals surface area contributed by atoms with Gasteiger partial charge in [0.1, 0.15) is 17.2 Å². The van der Waals surface area contributed by atoms with E-state index in [2.05, 4.69) is 17.0 Å². The monoisotopic (exact) mass is 401 g/mol. The van der Waals surface area contributed by atoms with E-state index in [1.807, 2.05) is 60.8 Å². The van der Waals surface area contributed by atoms with Gasteiger partial charge >= 0.3 is 0 Å². The minimum atomic E-state index is -0.515. The molecule has 1 amide bonds. The zero-order valence-corrected chi connectivity index (χ0v) is 16.7. The van der Waals surface area contributed by atoms with Crippen molar-refractivity contribution in [1.29, 1.82) is 0 Å². The van der Waals surface area contributed by atoms with Crippen LogP contribution in [0.2, 0.25) is 0 Å². The van der Waals surface area contributed by atoms with Crippen LogP contribution >= 0.6 is 0 Å². The van der Waals surface area contributed by atoms with Gasteiger partial charge in [0.15, 0.2) is 11.3 Å². The lowest BCUT2D eigenvalue weighted by molar-refractivity contribution is 0.0994. The van der Waals surface area contributed by atoms with Gasteiger partial charge in [0.25, 0.3) is 5.91 Å². The maximum atomic E-state index is 12.3. The molecule has 2 aromatic heterocycles. The van der Waals surface area contributed by atoms with E-state index < -0.39 is 5.91 Å². The summed E-state index contributed by atoms with van der Waals surface area (Å²) < 4.78 is 7.57. The van der Waals surface area contributed by atoms with Gasteiger partial charge in [0.2, 0.25) is 0 Å². The Morgan fingerprint density at radius 3 is 2.53 bits per heavy atom. The Bertz CT molecular complexity index is 1190. The third kappa shape index (κ3) is 3.23. The number of para-hydroxylation sites is 1. The molecule has 0 bridgehead atoms. The van der Waals surface area contributed by atoms with Gasteiger partial charge in [-0.05, 0) is 56.4 Å². The van der Waals surface area contributed by atoms with Crippen LogP contribution in [0, 0.1) is 0 Å². The molecule has 4 aromatic rings. The van der Waals surface area contributed by atoms with E-state index in [1.54, 1.807) is 4.52 Å². The number of carbonyl (C=O) groups is 1. The highest BCUT2D eigenvalue weighted by Crippen LogP contribution is 2.33. The van der Waals surface area contributed by atoms with Crippen molar-refractivity contribution in [2.45, 2.75) is 12.3 Å². The number of amides is 1. The smallest absolute Gasteiger partial charge is 0.269 e. The highest BCUT2D eigenvalue weighted by atomic mass is 16.5. The molecule has 1 unspecified atom stereocenters. The van der Waals surface area contributed by atoms with E-state index >= 15 is 0 Å². The van der Waals surface area contributed by atoms with Gasteiger partial charge in [-0.25, -0.2) is 9.50 Å². The molecule has 0 saturated carbocycles. The lowest BCUT2D eigenvalue weighted by Crippen LogP contribution is -2.15. The molecule has 2 aromatic carbocycles. The van der Waals surface area contributed by atoms with Gasteiger partial charge < -0.3 is 15.4 Å². The second kappa shape index (κ2) is 7.35. The van der Waals surface area contributed by atoms with Crippen LogP contribution < -0.4 is 10.5 Å². The van der Waals surface area contributed by atoms with Crippen molar-refractivity contribution in [2.24, 2.45) is 5.73 Å². The maximum absolute atomic E-state index is 12.3. The predicted molar refractivity (Wildman–Crippen MR) is 115 cm³/mol. The van der Waals surface area contributed by atoms with Gasteiger partial charge in [0.05, 0.1) is 0 Å². The number of rotatable bonds is 5. The van der Waals surface area contributed by atoms with Crippen molar-refractivity contribution in [3.05, 3.63) is 72.1 Å². The summed E-state index contributed by atoms with van der Waals surface area (Å²) in [5.41, 5.74) is 9.37. The van der Waals surface area contributed by atoms with Gasteiger partial charge in [-0.3, -0.25) is 9.89 Å². The quantitative estimate of drug-likeness (QED) is 0.534. The SMILES string of the molecule is CN1CCC(c2c[nH]n3c(C(N)=O)c(-c4ccc(Oc5ccccc5)cc4)nc23)C1. The summed E-state index contributed by atoms with van der Waals surface area (Å²) in [5.74, 6) is 1.36. The number of nitrogens with zero attached hydrogens (tertiary/aromatic N) is 3. The number of likely N-dealkylation sites (N-methyl/N-ethyl adjacent to an activating group) is 1. The number of nitrogens with two attached hydrogens (primary N) is 1. The Hall–Kier alpha value is -3.58. The largest absolute Gasteiger partial charge is 0.457 e. The van der Waals surface area contributed by atoms with E-state index in [-0.39, 0.29) is 0 Å². The topological polar surface area (TPSA) is 88.7 Å². The number of hydrogen-bond acceptors (Lipinski definition) is 4. The summed E-state index contributed by atoms with van der Waals surface area (Å²) in [6, 6.07) is 17.1. The molecule has 7 heteroatoms. The zero-order chi connectivity index (χ0) is 20.7. The highest BCUT2D eigenvalue weighted by Gasteiger charge is 2.28. The molecule has 0 aliphatic carbocycles. The van der Waals surface area contributed by atoms with Crippen LogP contribution in [0.15, 0.2) is 60.8 Å². The van der Waals surface area contributed by atoms with Gasteiger partial charge in [-0.1, -0.05) is 18.2 Å². The van der Waals surface area contributed by atoms with Crippen molar-refractivity contribution < 1.29 is 9.53 Å². The molecule has 0 spiro atoms. The lowest BCUT2D eigenvalue weighted by Gasteiger charge is -2.08. The first-order valence-corrected chi connectivity index (χ1v) is 10.0. The molecule has 152 valence electrons. The van der Waals surface area contributed by atoms with Crippen LogP contribution in [-0.2, 0) is 0 Å². The first kappa shape index (κ1) is 18.4. The van der Waals surface area contributed by atoms with E-state index in [0.717, 1.165) is 42.0 Å². The van der Waals surface area contributed by atoms with E-state index in [9.17, 15) is 4.79 Å². The molecule has 7 nitrogen and oxygen atoms in total. The van der Waals surface area contributed by atoms with Crippen LogP contribution in [0.25, 0.3) is 16.9 Å². The number of ether oxygens (including phenoxy) is 1. The van der Waals surface area contributed by atoms with Crippen LogP contribution in [0.3, 0.4) is 0 Å². The van der Waals surface area contributed by atoms with E-state index in [1.165, 1.54) is 0 Å². The molecule has 3 heterocycles. The number of nitrogens with one attached hydrogen (secondary N) is 1. The molecular weight excluding hydrogens is 378 g/mol. The number of carbonyl (C=O) groups excluding carboxylic acids is 1. The summed E-state index contributed by atoms with van der Waals surface area (Å²) in [6.07, 6.45) is 3.02. The van der Waals surface area contributed by atoms with E-state index in [4.69, 9.17) is 15.5 Å². The van der Waals surface area contributed by atoms with Crippen molar-refractivity contribution in [2.75, 3.05) is 20.1 Å². The first-order valence-electron chi connectivity index (χ1n) is 10.0. The molecule has 1 aliphatic rings. The standard InChI is InChI=1S/C23H23N5O2/c1-27-12-11-16(14-27)19-13-25-28-21(22(24)29)20(26-23(19)28)15-7-9-18(10-8-15)30-17-5-3-2-4-6-17/h2-10,13,16,25H,11-12,14H2,1H3,(H2,24,29). The molecular formula is C23H23N5O2. The number of fused-ring (bicyclic) bond motifs is 1. The number of imidazole rings is 1. The molecule has 3 N–H and O–H groups in total. The Labute approximate surface area is 174 Å². The molecule has 30 heavy (non-hydrogen) atoms. The Balaban J connectivity index is 1.51. The second-order valence-corrected chi connectivity index (χ2v) is 7.75. The fourth-order valence-corrected chi connectivity index (χ4v) is 4.16. The minimum Gasteiger partial charge on any atom is -0.457 e. The van der Waals surface area contributed by atoms with Crippen LogP contribution in [-0.4, -0.2) is 45.5 Å². The molecule has 1 saturated heterocycles. The average Bonchev–Trinajstić information content (AvgIpc) is 3.44. The Morgan fingerprint density at radius 1 is 1.13 bits per heavy atom. The van der Waals surface area contributed by atoms with E-state index in [0.29, 0.717) is 23.1 Å². The summed E-state index contributed by atoms with van der Waals surface area (Å²) in [7, 11) is 2.12. The molecule has 1 fully saturated rings. The number of aromatic amines is 1. The first-order chi connectivity index (χ1) is 14.6. The van der Waals surface area contributed by atoms with Crippen LogP contribution in [0.1, 0.15) is 28.4 Å². The number of primary amides is 1. The number of benzene rings is 2.